The Morgan fingerprint density at radius 1 is 0.905 bits per heavy atom. The van der Waals surface area contributed by atoms with E-state index in [0.29, 0.717) is 0 Å². The molecule has 1 atom stereocenters. The zero-order valence-electron chi connectivity index (χ0n) is 13.6. The van der Waals surface area contributed by atoms with Crippen LogP contribution in [0.5, 0.6) is 0 Å². The molecule has 0 spiro atoms. The van der Waals surface area contributed by atoms with Gasteiger partial charge in [0.15, 0.2) is 0 Å². The van der Waals surface area contributed by atoms with Gasteiger partial charge >= 0.3 is 5.97 Å². The van der Waals surface area contributed by atoms with E-state index in [4.69, 9.17) is 5.11 Å². The molecule has 0 aromatic carbocycles. The van der Waals surface area contributed by atoms with Gasteiger partial charge in [0.2, 0.25) is 0 Å². The van der Waals surface area contributed by atoms with E-state index in [9.17, 15) is 4.79 Å². The van der Waals surface area contributed by atoms with E-state index < -0.39 is 0 Å². The average Bonchev–Trinajstić information content (AvgIpc) is 2.78. The molecule has 0 saturated heterocycles. The third kappa shape index (κ3) is 8.79. The predicted octanol–water partition coefficient (Wildman–Crippen LogP) is 5.65. The fourth-order valence-electron chi connectivity index (χ4n) is 2.86. The van der Waals surface area contributed by atoms with Gasteiger partial charge in [-0.3, -0.25) is 4.79 Å². The Bertz CT molecular complexity index is 310. The number of unbranched alkanes of at least 4 members (excludes halogenated alkanes) is 11. The number of cyclic esters (lactones) is 1. The molecule has 3 heteroatoms. The summed E-state index contributed by atoms with van der Waals surface area (Å²) in [6.45, 7) is 2.26. The number of rotatable bonds is 13. The summed E-state index contributed by atoms with van der Waals surface area (Å²) in [5.74, 6) is -0.729. The molecule has 0 amide bonds. The molecule has 0 aromatic heterocycles. The Kier molecular flexibility index (Phi) is 10.0. The average molecular weight is 296 g/mol. The first-order valence-corrected chi connectivity index (χ1v) is 8.86. The maximum absolute atomic E-state index is 11.3. The normalized spacial score (nSPS) is 17.9. The molecular weight excluding hydrogens is 264 g/mol. The Morgan fingerprint density at radius 3 is 1.81 bits per heavy atom. The lowest BCUT2D eigenvalue weighted by atomic mass is 10.0. The number of esters is 1. The molecule has 0 saturated carbocycles. The van der Waals surface area contributed by atoms with Crippen molar-refractivity contribution in [3.8, 4) is 0 Å². The van der Waals surface area contributed by atoms with Crippen LogP contribution in [0.1, 0.15) is 90.4 Å². The first-order valence-electron chi connectivity index (χ1n) is 8.86. The van der Waals surface area contributed by atoms with Crippen LogP contribution in [0.2, 0.25) is 0 Å². The first kappa shape index (κ1) is 18.1. The van der Waals surface area contributed by atoms with Crippen molar-refractivity contribution in [1.29, 1.82) is 0 Å². The molecule has 21 heavy (non-hydrogen) atoms. The third-order valence-electron chi connectivity index (χ3n) is 4.22. The number of hydrogen-bond acceptors (Lipinski definition) is 3. The Morgan fingerprint density at radius 2 is 1.38 bits per heavy atom. The fraction of sp³-hybridized carbons (Fsp3) is 0.833. The van der Waals surface area contributed by atoms with Crippen LogP contribution in [0.3, 0.4) is 0 Å². The van der Waals surface area contributed by atoms with E-state index in [1.807, 2.05) is 0 Å². The molecule has 0 bridgehead atoms. The van der Waals surface area contributed by atoms with E-state index in [1.165, 1.54) is 76.7 Å². The highest BCUT2D eigenvalue weighted by atomic mass is 16.6. The van der Waals surface area contributed by atoms with Crippen molar-refractivity contribution in [2.75, 3.05) is 0 Å². The van der Waals surface area contributed by atoms with Crippen molar-refractivity contribution >= 4 is 5.97 Å². The second-order valence-corrected chi connectivity index (χ2v) is 6.21. The summed E-state index contributed by atoms with van der Waals surface area (Å²) in [6.07, 6.45) is 18.2. The molecule has 0 aliphatic carbocycles. The second-order valence-electron chi connectivity index (χ2n) is 6.21. The molecule has 0 radical (unpaired) electrons. The van der Waals surface area contributed by atoms with Crippen LogP contribution >= 0.6 is 0 Å². The van der Waals surface area contributed by atoms with E-state index in [-0.39, 0.29) is 17.8 Å². The molecule has 1 unspecified atom stereocenters. The zero-order chi connectivity index (χ0) is 15.3. The van der Waals surface area contributed by atoms with Gasteiger partial charge in [0.25, 0.3) is 5.95 Å². The standard InChI is InChI=1S/C18H32O3/c1-2-3-4-5-6-7-8-9-10-11-12-13-14-16-15-17(19)21-18(16)20/h15-16,19H,2-14H2,1H3. The van der Waals surface area contributed by atoms with Crippen molar-refractivity contribution in [3.63, 3.8) is 0 Å². The minimum atomic E-state index is -0.296. The van der Waals surface area contributed by atoms with Crippen molar-refractivity contribution in [1.82, 2.24) is 0 Å². The van der Waals surface area contributed by atoms with E-state index in [1.54, 1.807) is 0 Å². The molecule has 0 fully saturated rings. The summed E-state index contributed by atoms with van der Waals surface area (Å²) in [7, 11) is 0. The largest absolute Gasteiger partial charge is 0.481 e. The van der Waals surface area contributed by atoms with E-state index in [2.05, 4.69) is 11.7 Å². The predicted molar refractivity (Wildman–Crippen MR) is 86.0 cm³/mol. The molecule has 3 nitrogen and oxygen atoms in total. The lowest BCUT2D eigenvalue weighted by molar-refractivity contribution is -0.143. The van der Waals surface area contributed by atoms with E-state index in [0.717, 1.165) is 12.8 Å². The van der Waals surface area contributed by atoms with Crippen molar-refractivity contribution in [3.05, 3.63) is 12.0 Å². The van der Waals surface area contributed by atoms with Crippen LogP contribution in [-0.4, -0.2) is 11.1 Å². The summed E-state index contributed by atoms with van der Waals surface area (Å²) in [5, 5.41) is 9.08. The highest BCUT2D eigenvalue weighted by Crippen LogP contribution is 2.22. The highest BCUT2D eigenvalue weighted by molar-refractivity contribution is 5.77. The van der Waals surface area contributed by atoms with Crippen LogP contribution < -0.4 is 0 Å². The summed E-state index contributed by atoms with van der Waals surface area (Å²) in [4.78, 5) is 11.3. The van der Waals surface area contributed by atoms with E-state index >= 15 is 0 Å². The smallest absolute Gasteiger partial charge is 0.320 e. The van der Waals surface area contributed by atoms with Crippen molar-refractivity contribution < 1.29 is 14.6 Å². The zero-order valence-corrected chi connectivity index (χ0v) is 13.6. The van der Waals surface area contributed by atoms with Gasteiger partial charge in [0, 0.05) is 6.08 Å². The third-order valence-corrected chi connectivity index (χ3v) is 4.22. The quantitative estimate of drug-likeness (QED) is 0.353. The minimum Gasteiger partial charge on any atom is -0.481 e. The van der Waals surface area contributed by atoms with Gasteiger partial charge in [-0.05, 0) is 6.42 Å². The van der Waals surface area contributed by atoms with Crippen LogP contribution in [0, 0.1) is 5.92 Å². The SMILES string of the molecule is CCCCCCCCCCCCCCC1C=C(O)OC1=O. The highest BCUT2D eigenvalue weighted by Gasteiger charge is 2.26. The van der Waals surface area contributed by atoms with Crippen LogP contribution in [0.25, 0.3) is 0 Å². The monoisotopic (exact) mass is 296 g/mol. The van der Waals surface area contributed by atoms with Crippen LogP contribution in [0.15, 0.2) is 12.0 Å². The summed E-state index contributed by atoms with van der Waals surface area (Å²) >= 11 is 0. The number of aliphatic hydroxyl groups excluding tert-OH is 1. The van der Waals surface area contributed by atoms with Crippen LogP contribution in [0.4, 0.5) is 0 Å². The molecule has 1 aliphatic rings. The maximum Gasteiger partial charge on any atom is 0.320 e. The molecule has 1 N–H and O–H groups in total. The van der Waals surface area contributed by atoms with Crippen molar-refractivity contribution in [2.24, 2.45) is 5.92 Å². The minimum absolute atomic E-state index is 0.215. The number of ether oxygens (including phenoxy) is 1. The summed E-state index contributed by atoms with van der Waals surface area (Å²) in [5.41, 5.74) is 0. The lowest BCUT2D eigenvalue weighted by Gasteiger charge is -2.04. The number of hydrogen-bond donors (Lipinski definition) is 1. The molecule has 1 heterocycles. The van der Waals surface area contributed by atoms with Gasteiger partial charge < -0.3 is 9.84 Å². The van der Waals surface area contributed by atoms with Gasteiger partial charge in [-0.1, -0.05) is 84.0 Å². The van der Waals surface area contributed by atoms with Gasteiger partial charge in [0.05, 0.1) is 5.92 Å². The summed E-state index contributed by atoms with van der Waals surface area (Å²) in [6, 6.07) is 0. The Balaban J connectivity index is 1.80. The molecular formula is C18H32O3. The first-order chi connectivity index (χ1) is 10.2. The molecule has 1 rings (SSSR count). The molecule has 1 aliphatic heterocycles. The number of carbonyl (C=O) groups excluding carboxylic acids is 1. The van der Waals surface area contributed by atoms with Gasteiger partial charge in [-0.25, -0.2) is 0 Å². The topological polar surface area (TPSA) is 46.5 Å². The number of aliphatic hydroxyl groups is 1. The molecule has 122 valence electrons. The summed E-state index contributed by atoms with van der Waals surface area (Å²) < 4.78 is 4.61. The second kappa shape index (κ2) is 11.6. The van der Waals surface area contributed by atoms with Crippen LogP contribution in [-0.2, 0) is 9.53 Å². The van der Waals surface area contributed by atoms with Gasteiger partial charge in [0.1, 0.15) is 0 Å². The lowest BCUT2D eigenvalue weighted by Crippen LogP contribution is -2.07. The van der Waals surface area contributed by atoms with Gasteiger partial charge in [-0.15, -0.1) is 0 Å². The molecule has 0 aromatic rings. The van der Waals surface area contributed by atoms with Gasteiger partial charge in [-0.2, -0.15) is 0 Å². The maximum atomic E-state index is 11.3. The Labute approximate surface area is 129 Å². The fourth-order valence-corrected chi connectivity index (χ4v) is 2.86. The Hall–Kier alpha value is -0.990. The number of carbonyl (C=O) groups is 1. The van der Waals surface area contributed by atoms with Crippen molar-refractivity contribution in [2.45, 2.75) is 90.4 Å².